The lowest BCUT2D eigenvalue weighted by atomic mass is 10.2. The monoisotopic (exact) mass is 282 g/mol. The van der Waals surface area contributed by atoms with Gasteiger partial charge in [-0.15, -0.1) is 23.1 Å². The molecule has 1 aromatic heterocycles. The molecule has 1 aromatic carbocycles. The molecule has 1 atom stereocenters. The topological polar surface area (TPSA) is 38.9 Å². The maximum absolute atomic E-state index is 12.7. The molecule has 96 valence electrons. The third-order valence-electron chi connectivity index (χ3n) is 2.42. The van der Waals surface area contributed by atoms with Gasteiger partial charge in [-0.25, -0.2) is 9.37 Å². The van der Waals surface area contributed by atoms with Gasteiger partial charge in [-0.05, 0) is 31.2 Å². The second-order valence-electron chi connectivity index (χ2n) is 4.09. The molecule has 2 aromatic rings. The summed E-state index contributed by atoms with van der Waals surface area (Å²) in [4.78, 5) is 5.44. The van der Waals surface area contributed by atoms with E-state index < -0.39 is 0 Å². The number of aryl methyl sites for hydroxylation is 1. The number of aromatic nitrogens is 1. The largest absolute Gasteiger partial charge is 0.327 e. The zero-order valence-electron chi connectivity index (χ0n) is 10.1. The normalized spacial score (nSPS) is 12.6. The Kier molecular flexibility index (Phi) is 4.74. The first-order chi connectivity index (χ1) is 8.63. The highest BCUT2D eigenvalue weighted by atomic mass is 32.2. The fraction of sp³-hybridized carbons (Fsp3) is 0.308. The molecule has 0 aliphatic carbocycles. The predicted octanol–water partition coefficient (Wildman–Crippen LogP) is 3.25. The van der Waals surface area contributed by atoms with Crippen molar-refractivity contribution >= 4 is 23.1 Å². The van der Waals surface area contributed by atoms with E-state index in [1.165, 1.54) is 12.1 Å². The van der Waals surface area contributed by atoms with E-state index in [4.69, 9.17) is 5.73 Å². The van der Waals surface area contributed by atoms with Gasteiger partial charge in [-0.2, -0.15) is 0 Å². The highest BCUT2D eigenvalue weighted by Gasteiger charge is 2.07. The number of nitrogens with two attached hydrogens (primary N) is 1. The van der Waals surface area contributed by atoms with Gasteiger partial charge in [0.05, 0.1) is 10.7 Å². The number of benzene rings is 1. The van der Waals surface area contributed by atoms with E-state index in [0.717, 1.165) is 27.8 Å². The minimum atomic E-state index is -0.207. The van der Waals surface area contributed by atoms with Gasteiger partial charge >= 0.3 is 0 Å². The Morgan fingerprint density at radius 2 is 2.11 bits per heavy atom. The Hall–Kier alpha value is -0.910. The summed E-state index contributed by atoms with van der Waals surface area (Å²) in [5.74, 6) is 0.601. The summed E-state index contributed by atoms with van der Waals surface area (Å²) in [5.41, 5.74) is 7.12. The molecular formula is C13H15FN2S2. The molecule has 5 heteroatoms. The highest BCUT2D eigenvalue weighted by molar-refractivity contribution is 7.99. The molecular weight excluding hydrogens is 267 g/mol. The van der Waals surface area contributed by atoms with Crippen molar-refractivity contribution in [1.29, 1.82) is 0 Å². The van der Waals surface area contributed by atoms with Gasteiger partial charge in [-0.3, -0.25) is 0 Å². The second kappa shape index (κ2) is 6.31. The first-order valence-corrected chi connectivity index (χ1v) is 7.55. The van der Waals surface area contributed by atoms with Crippen LogP contribution in [-0.4, -0.2) is 16.8 Å². The minimum Gasteiger partial charge on any atom is -0.327 e. The van der Waals surface area contributed by atoms with Crippen molar-refractivity contribution in [2.24, 2.45) is 5.73 Å². The first-order valence-electron chi connectivity index (χ1n) is 5.68. The molecule has 0 saturated heterocycles. The van der Waals surface area contributed by atoms with Crippen LogP contribution in [0.15, 0.2) is 34.5 Å². The molecule has 0 radical (unpaired) electrons. The fourth-order valence-electron chi connectivity index (χ4n) is 1.56. The Morgan fingerprint density at radius 3 is 2.72 bits per heavy atom. The molecule has 1 unspecified atom stereocenters. The van der Waals surface area contributed by atoms with Gasteiger partial charge in [0.1, 0.15) is 5.82 Å². The number of nitrogens with zero attached hydrogens (tertiary/aromatic N) is 1. The van der Waals surface area contributed by atoms with Gasteiger partial charge in [0, 0.05) is 28.5 Å². The van der Waals surface area contributed by atoms with Crippen molar-refractivity contribution in [1.82, 2.24) is 4.98 Å². The van der Waals surface area contributed by atoms with E-state index in [9.17, 15) is 4.39 Å². The maximum atomic E-state index is 12.7. The van der Waals surface area contributed by atoms with Crippen LogP contribution < -0.4 is 5.73 Å². The average Bonchev–Trinajstić information content (AvgIpc) is 2.74. The Labute approximate surface area is 114 Å². The standard InChI is InChI=1S/C13H15FN2S2/c1-9-16-12(8-17-9)6-11(15)7-18-13-4-2-10(14)3-5-13/h2-5,8,11H,6-7,15H2,1H3. The summed E-state index contributed by atoms with van der Waals surface area (Å²) in [6.07, 6.45) is 0.790. The van der Waals surface area contributed by atoms with Crippen LogP contribution in [0.5, 0.6) is 0 Å². The number of halogens is 1. The van der Waals surface area contributed by atoms with E-state index in [1.54, 1.807) is 35.2 Å². The zero-order chi connectivity index (χ0) is 13.0. The third-order valence-corrected chi connectivity index (χ3v) is 4.44. The molecule has 2 nitrogen and oxygen atoms in total. The minimum absolute atomic E-state index is 0.0709. The van der Waals surface area contributed by atoms with Crippen LogP contribution in [0.2, 0.25) is 0 Å². The van der Waals surface area contributed by atoms with Crippen LogP contribution in [0.3, 0.4) is 0 Å². The Bertz CT molecular complexity index is 496. The van der Waals surface area contributed by atoms with Crippen molar-refractivity contribution in [3.63, 3.8) is 0 Å². The Morgan fingerprint density at radius 1 is 1.39 bits per heavy atom. The maximum Gasteiger partial charge on any atom is 0.123 e. The molecule has 0 amide bonds. The van der Waals surface area contributed by atoms with E-state index in [0.29, 0.717) is 0 Å². The molecule has 0 bridgehead atoms. The number of hydrogen-bond donors (Lipinski definition) is 1. The van der Waals surface area contributed by atoms with E-state index in [-0.39, 0.29) is 11.9 Å². The first kappa shape index (κ1) is 13.5. The van der Waals surface area contributed by atoms with Crippen LogP contribution >= 0.6 is 23.1 Å². The van der Waals surface area contributed by atoms with Crippen LogP contribution in [0.25, 0.3) is 0 Å². The summed E-state index contributed by atoms with van der Waals surface area (Å²) in [7, 11) is 0. The number of thioether (sulfide) groups is 1. The summed E-state index contributed by atoms with van der Waals surface area (Å²) in [5, 5.41) is 3.13. The quantitative estimate of drug-likeness (QED) is 0.856. The summed E-state index contributed by atoms with van der Waals surface area (Å²) in [6.45, 7) is 1.99. The SMILES string of the molecule is Cc1nc(CC(N)CSc2ccc(F)cc2)cs1. The van der Waals surface area contributed by atoms with E-state index in [1.807, 2.05) is 6.92 Å². The summed E-state index contributed by atoms with van der Waals surface area (Å²) >= 11 is 3.29. The van der Waals surface area contributed by atoms with Gasteiger partial charge < -0.3 is 5.73 Å². The number of rotatable bonds is 5. The van der Waals surface area contributed by atoms with Crippen LogP contribution in [0, 0.1) is 12.7 Å². The summed E-state index contributed by atoms with van der Waals surface area (Å²) < 4.78 is 12.7. The van der Waals surface area contributed by atoms with Crippen molar-refractivity contribution in [2.75, 3.05) is 5.75 Å². The summed E-state index contributed by atoms with van der Waals surface area (Å²) in [6, 6.07) is 6.57. The van der Waals surface area contributed by atoms with Crippen molar-refractivity contribution < 1.29 is 4.39 Å². The molecule has 18 heavy (non-hydrogen) atoms. The molecule has 2 N–H and O–H groups in total. The molecule has 0 aliphatic heterocycles. The predicted molar refractivity (Wildman–Crippen MR) is 75.7 cm³/mol. The van der Waals surface area contributed by atoms with Crippen molar-refractivity contribution in [2.45, 2.75) is 24.3 Å². The van der Waals surface area contributed by atoms with Gasteiger partial charge in [0.25, 0.3) is 0 Å². The average molecular weight is 282 g/mol. The number of thiazole rings is 1. The molecule has 1 heterocycles. The highest BCUT2D eigenvalue weighted by Crippen LogP contribution is 2.19. The molecule has 0 spiro atoms. The third kappa shape index (κ3) is 4.08. The van der Waals surface area contributed by atoms with Crippen molar-refractivity contribution in [3.05, 3.63) is 46.2 Å². The Balaban J connectivity index is 1.81. The number of hydrogen-bond acceptors (Lipinski definition) is 4. The molecule has 0 fully saturated rings. The lowest BCUT2D eigenvalue weighted by Gasteiger charge is -2.09. The molecule has 0 saturated carbocycles. The smallest absolute Gasteiger partial charge is 0.123 e. The zero-order valence-corrected chi connectivity index (χ0v) is 11.7. The second-order valence-corrected chi connectivity index (χ2v) is 6.24. The molecule has 0 aliphatic rings. The van der Waals surface area contributed by atoms with Crippen LogP contribution in [0.1, 0.15) is 10.7 Å². The molecule has 2 rings (SSSR count). The lowest BCUT2D eigenvalue weighted by Crippen LogP contribution is -2.25. The van der Waals surface area contributed by atoms with Gasteiger partial charge in [0.15, 0.2) is 0 Å². The van der Waals surface area contributed by atoms with Gasteiger partial charge in [-0.1, -0.05) is 0 Å². The van der Waals surface area contributed by atoms with E-state index in [2.05, 4.69) is 10.4 Å². The van der Waals surface area contributed by atoms with Crippen LogP contribution in [-0.2, 0) is 6.42 Å². The lowest BCUT2D eigenvalue weighted by molar-refractivity contribution is 0.626. The van der Waals surface area contributed by atoms with E-state index >= 15 is 0 Å². The van der Waals surface area contributed by atoms with Crippen molar-refractivity contribution in [3.8, 4) is 0 Å². The van der Waals surface area contributed by atoms with Gasteiger partial charge in [0.2, 0.25) is 0 Å². The fourth-order valence-corrected chi connectivity index (χ4v) is 3.04. The van der Waals surface area contributed by atoms with Crippen LogP contribution in [0.4, 0.5) is 4.39 Å².